The number of nitrogens with zero attached hydrogens (tertiary/aromatic N) is 2. The summed E-state index contributed by atoms with van der Waals surface area (Å²) in [6.45, 7) is 8.86. The summed E-state index contributed by atoms with van der Waals surface area (Å²) in [6.07, 6.45) is 0. The van der Waals surface area contributed by atoms with Crippen molar-refractivity contribution in [1.82, 2.24) is 15.3 Å². The zero-order chi connectivity index (χ0) is 15.2. The third-order valence-corrected chi connectivity index (χ3v) is 6.75. The SMILES string of the molecule is COCCNCc1c(C)nc(C2SCCSC2C)nc1C. The predicted molar refractivity (Wildman–Crippen MR) is 92.2 cm³/mol. The molecule has 0 spiro atoms. The van der Waals surface area contributed by atoms with Gasteiger partial charge in [-0.1, -0.05) is 6.92 Å². The first kappa shape index (κ1) is 17.1. The molecule has 2 rings (SSSR count). The zero-order valence-corrected chi connectivity index (χ0v) is 14.9. The van der Waals surface area contributed by atoms with E-state index in [2.05, 4.69) is 26.1 Å². The Bertz CT molecular complexity index is 447. The molecule has 1 aromatic rings. The predicted octanol–water partition coefficient (Wildman–Crippen LogP) is 2.74. The van der Waals surface area contributed by atoms with Crippen molar-refractivity contribution >= 4 is 23.5 Å². The molecule has 1 N–H and O–H groups in total. The third-order valence-electron chi connectivity index (χ3n) is 3.67. The lowest BCUT2D eigenvalue weighted by Gasteiger charge is -2.27. The number of hydrogen-bond donors (Lipinski definition) is 1. The van der Waals surface area contributed by atoms with Crippen LogP contribution in [-0.2, 0) is 11.3 Å². The van der Waals surface area contributed by atoms with Crippen molar-refractivity contribution in [2.75, 3.05) is 31.8 Å². The van der Waals surface area contributed by atoms with Crippen molar-refractivity contribution < 1.29 is 4.74 Å². The van der Waals surface area contributed by atoms with E-state index in [1.165, 1.54) is 17.1 Å². The van der Waals surface area contributed by atoms with Crippen molar-refractivity contribution in [3.8, 4) is 0 Å². The normalized spacial score (nSPS) is 22.5. The molecule has 6 heteroatoms. The Labute approximate surface area is 136 Å². The summed E-state index contributed by atoms with van der Waals surface area (Å²) < 4.78 is 5.05. The van der Waals surface area contributed by atoms with E-state index >= 15 is 0 Å². The molecule has 2 unspecified atom stereocenters. The minimum absolute atomic E-state index is 0.427. The van der Waals surface area contributed by atoms with Gasteiger partial charge in [0.05, 0.1) is 11.9 Å². The molecule has 2 heterocycles. The summed E-state index contributed by atoms with van der Waals surface area (Å²) in [5.41, 5.74) is 3.42. The quantitative estimate of drug-likeness (QED) is 0.811. The highest BCUT2D eigenvalue weighted by atomic mass is 32.2. The number of hydrogen-bond acceptors (Lipinski definition) is 6. The van der Waals surface area contributed by atoms with Crippen LogP contribution in [0, 0.1) is 13.8 Å². The number of rotatable bonds is 6. The Balaban J connectivity index is 2.09. The molecule has 1 aliphatic rings. The monoisotopic (exact) mass is 327 g/mol. The Morgan fingerprint density at radius 1 is 1.19 bits per heavy atom. The van der Waals surface area contributed by atoms with E-state index in [1.807, 2.05) is 23.5 Å². The number of aryl methyl sites for hydroxylation is 2. The molecule has 0 aromatic carbocycles. The first-order valence-corrected chi connectivity index (χ1v) is 9.50. The second-order valence-electron chi connectivity index (χ2n) is 5.27. The van der Waals surface area contributed by atoms with Crippen molar-refractivity contribution in [2.45, 2.75) is 37.8 Å². The van der Waals surface area contributed by atoms with Crippen LogP contribution in [0.3, 0.4) is 0 Å². The standard InChI is InChI=1S/C15H25N3OS2/c1-10-13(9-16-5-6-19-4)11(2)18-15(17-10)14-12(3)20-7-8-21-14/h12,14,16H,5-9H2,1-4H3. The van der Waals surface area contributed by atoms with E-state index < -0.39 is 0 Å². The number of aromatic nitrogens is 2. The molecular formula is C15H25N3OS2. The molecule has 1 aliphatic heterocycles. The third kappa shape index (κ3) is 4.58. The van der Waals surface area contributed by atoms with Crippen LogP contribution >= 0.6 is 23.5 Å². The highest BCUT2D eigenvalue weighted by molar-refractivity contribution is 8.06. The molecule has 0 radical (unpaired) electrons. The molecule has 0 amide bonds. The van der Waals surface area contributed by atoms with Crippen LogP contribution in [0.15, 0.2) is 0 Å². The minimum atomic E-state index is 0.427. The molecule has 0 aliphatic carbocycles. The molecule has 1 fully saturated rings. The molecule has 2 atom stereocenters. The first-order valence-electron chi connectivity index (χ1n) is 7.40. The zero-order valence-electron chi connectivity index (χ0n) is 13.3. The largest absolute Gasteiger partial charge is 0.383 e. The summed E-state index contributed by atoms with van der Waals surface area (Å²) in [5, 5.41) is 4.40. The smallest absolute Gasteiger partial charge is 0.142 e. The van der Waals surface area contributed by atoms with Gasteiger partial charge in [0.2, 0.25) is 0 Å². The van der Waals surface area contributed by atoms with Gasteiger partial charge in [0.25, 0.3) is 0 Å². The van der Waals surface area contributed by atoms with Gasteiger partial charge in [0, 0.05) is 53.9 Å². The fraction of sp³-hybridized carbons (Fsp3) is 0.733. The Kier molecular flexibility index (Phi) is 6.79. The summed E-state index contributed by atoms with van der Waals surface area (Å²) in [5.74, 6) is 3.44. The fourth-order valence-electron chi connectivity index (χ4n) is 2.45. The summed E-state index contributed by atoms with van der Waals surface area (Å²) >= 11 is 4.02. The lowest BCUT2D eigenvalue weighted by atomic mass is 10.1. The van der Waals surface area contributed by atoms with Gasteiger partial charge in [-0.3, -0.25) is 0 Å². The van der Waals surface area contributed by atoms with Crippen LogP contribution in [0.25, 0.3) is 0 Å². The lowest BCUT2D eigenvalue weighted by Crippen LogP contribution is -2.22. The van der Waals surface area contributed by atoms with Crippen LogP contribution in [0.4, 0.5) is 0 Å². The highest BCUT2D eigenvalue weighted by Crippen LogP contribution is 2.41. The molecule has 0 saturated carbocycles. The average molecular weight is 328 g/mol. The van der Waals surface area contributed by atoms with Crippen molar-refractivity contribution in [3.05, 3.63) is 22.8 Å². The van der Waals surface area contributed by atoms with E-state index in [-0.39, 0.29) is 0 Å². The van der Waals surface area contributed by atoms with Crippen molar-refractivity contribution in [3.63, 3.8) is 0 Å². The average Bonchev–Trinajstić information content (AvgIpc) is 2.46. The molecular weight excluding hydrogens is 302 g/mol. The Morgan fingerprint density at radius 2 is 1.86 bits per heavy atom. The van der Waals surface area contributed by atoms with E-state index in [0.717, 1.165) is 36.9 Å². The van der Waals surface area contributed by atoms with E-state index in [0.29, 0.717) is 10.5 Å². The van der Waals surface area contributed by atoms with Gasteiger partial charge in [-0.25, -0.2) is 9.97 Å². The maximum atomic E-state index is 5.05. The maximum absolute atomic E-state index is 5.05. The van der Waals surface area contributed by atoms with Crippen LogP contribution in [0.2, 0.25) is 0 Å². The van der Waals surface area contributed by atoms with Gasteiger partial charge in [-0.05, 0) is 13.8 Å². The Hall–Kier alpha value is -0.300. The number of methoxy groups -OCH3 is 1. The van der Waals surface area contributed by atoms with E-state index in [4.69, 9.17) is 14.7 Å². The minimum Gasteiger partial charge on any atom is -0.383 e. The van der Waals surface area contributed by atoms with Crippen LogP contribution < -0.4 is 5.32 Å². The molecule has 4 nitrogen and oxygen atoms in total. The van der Waals surface area contributed by atoms with E-state index in [9.17, 15) is 0 Å². The van der Waals surface area contributed by atoms with Gasteiger partial charge < -0.3 is 10.1 Å². The fourth-order valence-corrected chi connectivity index (χ4v) is 5.14. The Morgan fingerprint density at radius 3 is 2.48 bits per heavy atom. The highest BCUT2D eigenvalue weighted by Gasteiger charge is 2.27. The van der Waals surface area contributed by atoms with Gasteiger partial charge in [0.1, 0.15) is 5.82 Å². The summed E-state index contributed by atoms with van der Waals surface area (Å²) in [4.78, 5) is 9.58. The second-order valence-corrected chi connectivity index (χ2v) is 8.00. The number of thioether (sulfide) groups is 2. The second kappa shape index (κ2) is 8.36. The van der Waals surface area contributed by atoms with Gasteiger partial charge in [0.15, 0.2) is 0 Å². The van der Waals surface area contributed by atoms with Crippen LogP contribution in [0.5, 0.6) is 0 Å². The van der Waals surface area contributed by atoms with Crippen molar-refractivity contribution in [1.29, 1.82) is 0 Å². The van der Waals surface area contributed by atoms with Gasteiger partial charge in [-0.2, -0.15) is 11.8 Å². The lowest BCUT2D eigenvalue weighted by molar-refractivity contribution is 0.199. The number of ether oxygens (including phenoxy) is 1. The maximum Gasteiger partial charge on any atom is 0.142 e. The first-order chi connectivity index (χ1) is 10.1. The summed E-state index contributed by atoms with van der Waals surface area (Å²) in [6, 6.07) is 0. The molecule has 118 valence electrons. The summed E-state index contributed by atoms with van der Waals surface area (Å²) in [7, 11) is 1.72. The van der Waals surface area contributed by atoms with E-state index in [1.54, 1.807) is 7.11 Å². The van der Waals surface area contributed by atoms with Crippen LogP contribution in [-0.4, -0.2) is 47.0 Å². The van der Waals surface area contributed by atoms with Gasteiger partial charge >= 0.3 is 0 Å². The number of nitrogens with one attached hydrogen (secondary N) is 1. The van der Waals surface area contributed by atoms with Gasteiger partial charge in [-0.15, -0.1) is 11.8 Å². The molecule has 1 aromatic heterocycles. The molecule has 1 saturated heterocycles. The topological polar surface area (TPSA) is 47.0 Å². The molecule has 0 bridgehead atoms. The van der Waals surface area contributed by atoms with Crippen molar-refractivity contribution in [2.24, 2.45) is 0 Å². The van der Waals surface area contributed by atoms with Crippen LogP contribution in [0.1, 0.15) is 34.9 Å². The molecule has 21 heavy (non-hydrogen) atoms.